The number of aromatic nitrogens is 2. The first-order valence-electron chi connectivity index (χ1n) is 17.1. The van der Waals surface area contributed by atoms with E-state index in [4.69, 9.17) is 4.98 Å². The molecular formula is C46H39N3. The van der Waals surface area contributed by atoms with Crippen LogP contribution in [-0.4, -0.2) is 9.55 Å². The summed E-state index contributed by atoms with van der Waals surface area (Å²) < 4.78 is 2.40. The number of hydrogen-bond donors (Lipinski definition) is 0. The van der Waals surface area contributed by atoms with Crippen LogP contribution in [0.15, 0.2) is 170 Å². The van der Waals surface area contributed by atoms with Gasteiger partial charge in [0, 0.05) is 22.6 Å². The number of fused-ring (bicyclic) bond motifs is 1. The summed E-state index contributed by atoms with van der Waals surface area (Å²) in [5, 5.41) is 0. The van der Waals surface area contributed by atoms with Gasteiger partial charge in [-0.3, -0.25) is 0 Å². The lowest BCUT2D eigenvalue weighted by molar-refractivity contribution is 0.500. The van der Waals surface area contributed by atoms with Crippen LogP contribution in [-0.2, 0) is 0 Å². The molecule has 0 saturated carbocycles. The fraction of sp³-hybridized carbons (Fsp3) is 0.109. The highest BCUT2D eigenvalue weighted by atomic mass is 15.1. The SMILES string of the molecule is Cc1ccc(N(c2ccc(C)cc2)c2ccc(-c3ccc(-c4ccc(-c5nc6ccccc6n5C5C=CC=CC5C)cc4)cc3)cc2)cc1. The molecule has 0 fully saturated rings. The summed E-state index contributed by atoms with van der Waals surface area (Å²) in [6.45, 7) is 6.53. The fourth-order valence-electron chi connectivity index (χ4n) is 6.88. The Morgan fingerprint density at radius 2 is 0.918 bits per heavy atom. The van der Waals surface area contributed by atoms with E-state index in [0.717, 1.165) is 34.0 Å². The van der Waals surface area contributed by atoms with Crippen molar-refractivity contribution in [1.82, 2.24) is 9.55 Å². The molecule has 2 atom stereocenters. The van der Waals surface area contributed by atoms with Crippen molar-refractivity contribution in [3.63, 3.8) is 0 Å². The number of aryl methyl sites for hydroxylation is 2. The Labute approximate surface area is 289 Å². The van der Waals surface area contributed by atoms with Gasteiger partial charge in [-0.2, -0.15) is 0 Å². The van der Waals surface area contributed by atoms with Gasteiger partial charge in [0.2, 0.25) is 0 Å². The van der Waals surface area contributed by atoms with Crippen LogP contribution in [0, 0.1) is 19.8 Å². The first kappa shape index (κ1) is 30.4. The molecule has 1 aromatic heterocycles. The topological polar surface area (TPSA) is 21.1 Å². The quantitative estimate of drug-likeness (QED) is 0.174. The third kappa shape index (κ3) is 6.00. The van der Waals surface area contributed by atoms with Crippen molar-refractivity contribution < 1.29 is 0 Å². The summed E-state index contributed by atoms with van der Waals surface area (Å²) in [6, 6.07) is 52.7. The summed E-state index contributed by atoms with van der Waals surface area (Å²) in [5.41, 5.74) is 14.0. The minimum atomic E-state index is 0.224. The molecule has 3 nitrogen and oxygen atoms in total. The minimum Gasteiger partial charge on any atom is -0.316 e. The molecule has 0 radical (unpaired) electrons. The van der Waals surface area contributed by atoms with Crippen LogP contribution >= 0.6 is 0 Å². The van der Waals surface area contributed by atoms with E-state index < -0.39 is 0 Å². The largest absolute Gasteiger partial charge is 0.316 e. The average molecular weight is 634 g/mol. The molecule has 0 aliphatic heterocycles. The molecule has 6 aromatic carbocycles. The van der Waals surface area contributed by atoms with E-state index in [1.54, 1.807) is 0 Å². The van der Waals surface area contributed by atoms with E-state index in [0.29, 0.717) is 5.92 Å². The van der Waals surface area contributed by atoms with Gasteiger partial charge in [0.25, 0.3) is 0 Å². The summed E-state index contributed by atoms with van der Waals surface area (Å²) in [7, 11) is 0. The predicted octanol–water partition coefficient (Wildman–Crippen LogP) is 12.4. The monoisotopic (exact) mass is 633 g/mol. The molecule has 7 aromatic rings. The number of benzene rings is 6. The van der Waals surface area contributed by atoms with Crippen LogP contribution in [0.5, 0.6) is 0 Å². The number of para-hydroxylation sites is 2. The zero-order valence-electron chi connectivity index (χ0n) is 28.2. The van der Waals surface area contributed by atoms with Gasteiger partial charge in [-0.25, -0.2) is 4.98 Å². The summed E-state index contributed by atoms with van der Waals surface area (Å²) in [5.74, 6) is 1.39. The molecule has 1 aliphatic carbocycles. The van der Waals surface area contributed by atoms with Crippen molar-refractivity contribution in [1.29, 1.82) is 0 Å². The predicted molar refractivity (Wildman–Crippen MR) is 207 cm³/mol. The van der Waals surface area contributed by atoms with Gasteiger partial charge in [0.1, 0.15) is 5.82 Å². The second-order valence-electron chi connectivity index (χ2n) is 13.1. The van der Waals surface area contributed by atoms with E-state index in [2.05, 4.69) is 200 Å². The molecule has 0 N–H and O–H groups in total. The highest BCUT2D eigenvalue weighted by Crippen LogP contribution is 2.37. The van der Waals surface area contributed by atoms with Gasteiger partial charge in [0.15, 0.2) is 0 Å². The third-order valence-corrected chi connectivity index (χ3v) is 9.67. The Kier molecular flexibility index (Phi) is 8.03. The molecule has 0 saturated heterocycles. The smallest absolute Gasteiger partial charge is 0.141 e. The highest BCUT2D eigenvalue weighted by Gasteiger charge is 2.23. The Hall–Kier alpha value is -5.93. The molecule has 49 heavy (non-hydrogen) atoms. The van der Waals surface area contributed by atoms with Gasteiger partial charge < -0.3 is 9.47 Å². The van der Waals surface area contributed by atoms with Crippen LogP contribution in [0.2, 0.25) is 0 Å². The molecule has 0 spiro atoms. The van der Waals surface area contributed by atoms with Crippen molar-refractivity contribution in [3.8, 4) is 33.6 Å². The maximum absolute atomic E-state index is 5.10. The number of allylic oxidation sites excluding steroid dienone is 4. The van der Waals surface area contributed by atoms with Gasteiger partial charge in [-0.05, 0) is 90.6 Å². The summed E-state index contributed by atoms with van der Waals surface area (Å²) in [4.78, 5) is 7.41. The van der Waals surface area contributed by atoms with Gasteiger partial charge in [-0.1, -0.05) is 139 Å². The maximum Gasteiger partial charge on any atom is 0.141 e. The lowest BCUT2D eigenvalue weighted by atomic mass is 9.96. The van der Waals surface area contributed by atoms with Gasteiger partial charge in [0.05, 0.1) is 17.1 Å². The maximum atomic E-state index is 5.10. The molecule has 3 heteroatoms. The average Bonchev–Trinajstić information content (AvgIpc) is 3.53. The number of hydrogen-bond acceptors (Lipinski definition) is 2. The van der Waals surface area contributed by atoms with Crippen LogP contribution in [0.1, 0.15) is 24.1 Å². The molecule has 1 heterocycles. The lowest BCUT2D eigenvalue weighted by Gasteiger charge is -2.26. The number of imidazole rings is 1. The normalized spacial score (nSPS) is 15.5. The Morgan fingerprint density at radius 1 is 0.490 bits per heavy atom. The van der Waals surface area contributed by atoms with Gasteiger partial charge in [-0.15, -0.1) is 0 Å². The summed E-state index contributed by atoms with van der Waals surface area (Å²) >= 11 is 0. The first-order valence-corrected chi connectivity index (χ1v) is 17.1. The molecule has 8 rings (SSSR count). The van der Waals surface area contributed by atoms with Crippen LogP contribution in [0.4, 0.5) is 17.1 Å². The second kappa shape index (κ2) is 12.9. The van der Waals surface area contributed by atoms with E-state index >= 15 is 0 Å². The fourth-order valence-corrected chi connectivity index (χ4v) is 6.88. The molecule has 238 valence electrons. The molecule has 0 bridgehead atoms. The van der Waals surface area contributed by atoms with E-state index in [-0.39, 0.29) is 6.04 Å². The standard InChI is InChI=1S/C46H39N3/c1-32-12-26-40(27-13-32)48(41-28-14-33(2)15-29-41)42-30-24-38(25-31-42)36-18-16-35(17-19-36)37-20-22-39(23-21-37)46-47-43-9-5-7-11-45(43)49(46)44-10-6-4-8-34(44)3/h4-31,34,44H,1-3H3. The highest BCUT2D eigenvalue weighted by molar-refractivity contribution is 5.82. The van der Waals surface area contributed by atoms with Crippen molar-refractivity contribution in [2.24, 2.45) is 5.92 Å². The minimum absolute atomic E-state index is 0.224. The number of anilines is 3. The van der Waals surface area contributed by atoms with Crippen molar-refractivity contribution >= 4 is 28.1 Å². The van der Waals surface area contributed by atoms with Crippen LogP contribution < -0.4 is 4.90 Å². The Morgan fingerprint density at radius 3 is 1.43 bits per heavy atom. The molecular weight excluding hydrogens is 595 g/mol. The summed E-state index contributed by atoms with van der Waals surface area (Å²) in [6.07, 6.45) is 8.85. The van der Waals surface area contributed by atoms with E-state index in [1.165, 1.54) is 38.9 Å². The van der Waals surface area contributed by atoms with Crippen molar-refractivity contribution in [3.05, 3.63) is 181 Å². The second-order valence-corrected chi connectivity index (χ2v) is 13.1. The number of nitrogens with zero attached hydrogens (tertiary/aromatic N) is 3. The van der Waals surface area contributed by atoms with Gasteiger partial charge >= 0.3 is 0 Å². The van der Waals surface area contributed by atoms with Crippen molar-refractivity contribution in [2.75, 3.05) is 4.90 Å². The first-order chi connectivity index (χ1) is 24.0. The van der Waals surface area contributed by atoms with E-state index in [1.807, 2.05) is 0 Å². The van der Waals surface area contributed by atoms with Crippen LogP contribution in [0.3, 0.4) is 0 Å². The Balaban J connectivity index is 1.05. The van der Waals surface area contributed by atoms with Crippen molar-refractivity contribution in [2.45, 2.75) is 26.8 Å². The zero-order valence-corrected chi connectivity index (χ0v) is 28.2. The van der Waals surface area contributed by atoms with E-state index in [9.17, 15) is 0 Å². The zero-order chi connectivity index (χ0) is 33.3. The lowest BCUT2D eigenvalue weighted by Crippen LogP contribution is -2.16. The number of rotatable bonds is 7. The Bertz CT molecular complexity index is 2230. The third-order valence-electron chi connectivity index (χ3n) is 9.67. The molecule has 1 aliphatic rings. The molecule has 2 unspecified atom stereocenters. The molecule has 0 amide bonds. The van der Waals surface area contributed by atoms with Crippen LogP contribution in [0.25, 0.3) is 44.7 Å².